The Labute approximate surface area is 107 Å². The predicted molar refractivity (Wildman–Crippen MR) is 72.7 cm³/mol. The fourth-order valence-electron chi connectivity index (χ4n) is 2.44. The predicted octanol–water partition coefficient (Wildman–Crippen LogP) is 1.51. The van der Waals surface area contributed by atoms with E-state index < -0.39 is 0 Å². The average molecular weight is 250 g/mol. The first-order chi connectivity index (χ1) is 8.59. The van der Waals surface area contributed by atoms with E-state index in [0.717, 1.165) is 19.3 Å². The zero-order valence-corrected chi connectivity index (χ0v) is 11.1. The van der Waals surface area contributed by atoms with Gasteiger partial charge in [-0.2, -0.15) is 0 Å². The first kappa shape index (κ1) is 13.1. The highest BCUT2D eigenvalue weighted by Gasteiger charge is 2.23. The molecule has 18 heavy (non-hydrogen) atoms. The monoisotopic (exact) mass is 250 g/mol. The molecule has 3 N–H and O–H groups in total. The van der Waals surface area contributed by atoms with Gasteiger partial charge in [0.1, 0.15) is 0 Å². The van der Waals surface area contributed by atoms with Gasteiger partial charge in [0.05, 0.1) is 0 Å². The Balaban J connectivity index is 2.18. The van der Waals surface area contributed by atoms with E-state index in [9.17, 15) is 4.79 Å². The highest BCUT2D eigenvalue weighted by atomic mass is 16.1. The van der Waals surface area contributed by atoms with Crippen LogP contribution in [0.2, 0.25) is 0 Å². The minimum absolute atomic E-state index is 0.0646. The second kappa shape index (κ2) is 5.52. The molecule has 0 spiro atoms. The van der Waals surface area contributed by atoms with Gasteiger partial charge in [-0.1, -0.05) is 12.8 Å². The van der Waals surface area contributed by atoms with E-state index in [-0.39, 0.29) is 23.7 Å². The zero-order valence-electron chi connectivity index (χ0n) is 11.1. The molecule has 0 amide bonds. The average Bonchev–Trinajstić information content (AvgIpc) is 2.34. The molecule has 5 nitrogen and oxygen atoms in total. The van der Waals surface area contributed by atoms with Crippen LogP contribution in [0.5, 0.6) is 0 Å². The summed E-state index contributed by atoms with van der Waals surface area (Å²) in [6.07, 6.45) is 7.76. The SMILES string of the molecule is CC(C)n1ccnc(N[C@@H]2CCCC[C@H]2N)c1=O. The van der Waals surface area contributed by atoms with Gasteiger partial charge in [-0.15, -0.1) is 0 Å². The van der Waals surface area contributed by atoms with Crippen LogP contribution in [0, 0.1) is 0 Å². The number of hydrogen-bond acceptors (Lipinski definition) is 4. The third-order valence-corrected chi connectivity index (χ3v) is 3.57. The molecule has 1 heterocycles. The van der Waals surface area contributed by atoms with Gasteiger partial charge in [-0.05, 0) is 26.7 Å². The van der Waals surface area contributed by atoms with Gasteiger partial charge in [0.25, 0.3) is 5.56 Å². The molecule has 0 aliphatic heterocycles. The van der Waals surface area contributed by atoms with Gasteiger partial charge in [0.15, 0.2) is 5.82 Å². The zero-order chi connectivity index (χ0) is 13.1. The molecule has 0 saturated heterocycles. The molecule has 1 aromatic heterocycles. The standard InChI is InChI=1S/C13H22N4O/c1-9(2)17-8-7-15-12(13(17)18)16-11-6-4-3-5-10(11)14/h7-11H,3-6,14H2,1-2H3,(H,15,16)/t10-,11-/m1/s1. The molecule has 1 aliphatic carbocycles. The normalized spacial score (nSPS) is 24.2. The summed E-state index contributed by atoms with van der Waals surface area (Å²) in [6.45, 7) is 3.97. The molecule has 1 saturated carbocycles. The quantitative estimate of drug-likeness (QED) is 0.852. The number of hydrogen-bond donors (Lipinski definition) is 2. The van der Waals surface area contributed by atoms with Crippen LogP contribution in [-0.4, -0.2) is 21.6 Å². The van der Waals surface area contributed by atoms with Crippen molar-refractivity contribution in [3.05, 3.63) is 22.7 Å². The third-order valence-electron chi connectivity index (χ3n) is 3.57. The largest absolute Gasteiger partial charge is 0.361 e. The molecule has 5 heteroatoms. The molecular weight excluding hydrogens is 228 g/mol. The van der Waals surface area contributed by atoms with Crippen molar-refractivity contribution in [2.45, 2.75) is 57.7 Å². The van der Waals surface area contributed by atoms with Gasteiger partial charge >= 0.3 is 0 Å². The van der Waals surface area contributed by atoms with Crippen molar-refractivity contribution in [3.8, 4) is 0 Å². The Bertz CT molecular complexity index is 455. The van der Waals surface area contributed by atoms with Crippen LogP contribution in [0.4, 0.5) is 5.82 Å². The van der Waals surface area contributed by atoms with Crippen molar-refractivity contribution in [3.63, 3.8) is 0 Å². The van der Waals surface area contributed by atoms with Crippen molar-refractivity contribution < 1.29 is 0 Å². The second-order valence-electron chi connectivity index (χ2n) is 5.28. The molecule has 1 aromatic rings. The minimum Gasteiger partial charge on any atom is -0.361 e. The van der Waals surface area contributed by atoms with Gasteiger partial charge in [-0.3, -0.25) is 4.79 Å². The molecule has 2 rings (SSSR count). The van der Waals surface area contributed by atoms with Crippen LogP contribution in [0.1, 0.15) is 45.6 Å². The van der Waals surface area contributed by atoms with E-state index in [4.69, 9.17) is 5.73 Å². The maximum absolute atomic E-state index is 12.2. The van der Waals surface area contributed by atoms with Gasteiger partial charge in [-0.25, -0.2) is 4.98 Å². The van der Waals surface area contributed by atoms with Crippen LogP contribution in [0.15, 0.2) is 17.2 Å². The number of nitrogens with zero attached hydrogens (tertiary/aromatic N) is 2. The molecule has 0 bridgehead atoms. The van der Waals surface area contributed by atoms with Crippen molar-refractivity contribution in [1.82, 2.24) is 9.55 Å². The molecule has 2 atom stereocenters. The summed E-state index contributed by atoms with van der Waals surface area (Å²) >= 11 is 0. The van der Waals surface area contributed by atoms with Crippen LogP contribution < -0.4 is 16.6 Å². The lowest BCUT2D eigenvalue weighted by Gasteiger charge is -2.29. The first-order valence-electron chi connectivity index (χ1n) is 6.69. The molecule has 1 aliphatic rings. The van der Waals surface area contributed by atoms with Crippen LogP contribution in [-0.2, 0) is 0 Å². The van der Waals surface area contributed by atoms with Crippen molar-refractivity contribution in [2.75, 3.05) is 5.32 Å². The van der Waals surface area contributed by atoms with Crippen LogP contribution >= 0.6 is 0 Å². The molecule has 0 unspecified atom stereocenters. The summed E-state index contributed by atoms with van der Waals surface area (Å²) in [4.78, 5) is 16.3. The highest BCUT2D eigenvalue weighted by molar-refractivity contribution is 5.33. The summed E-state index contributed by atoms with van der Waals surface area (Å²) in [5.41, 5.74) is 6.01. The molecule has 0 aromatic carbocycles. The smallest absolute Gasteiger partial charge is 0.293 e. The number of anilines is 1. The summed E-state index contributed by atoms with van der Waals surface area (Å²) in [5, 5.41) is 3.22. The van der Waals surface area contributed by atoms with Crippen LogP contribution in [0.3, 0.4) is 0 Å². The fraction of sp³-hybridized carbons (Fsp3) is 0.692. The van der Waals surface area contributed by atoms with E-state index in [1.807, 2.05) is 13.8 Å². The summed E-state index contributed by atoms with van der Waals surface area (Å²) in [7, 11) is 0. The number of rotatable bonds is 3. The number of aromatic nitrogens is 2. The summed E-state index contributed by atoms with van der Waals surface area (Å²) in [5.74, 6) is 0.425. The lowest BCUT2D eigenvalue weighted by Crippen LogP contribution is -2.44. The Kier molecular flexibility index (Phi) is 4.01. The summed E-state index contributed by atoms with van der Waals surface area (Å²) < 4.78 is 1.68. The third kappa shape index (κ3) is 2.72. The summed E-state index contributed by atoms with van der Waals surface area (Å²) in [6, 6.07) is 0.427. The van der Waals surface area contributed by atoms with Gasteiger partial charge in [0, 0.05) is 30.5 Å². The van der Waals surface area contributed by atoms with E-state index in [0.29, 0.717) is 5.82 Å². The maximum Gasteiger partial charge on any atom is 0.293 e. The van der Waals surface area contributed by atoms with Gasteiger partial charge in [0.2, 0.25) is 0 Å². The van der Waals surface area contributed by atoms with E-state index in [1.54, 1.807) is 17.0 Å². The lowest BCUT2D eigenvalue weighted by atomic mass is 9.91. The maximum atomic E-state index is 12.2. The topological polar surface area (TPSA) is 72.9 Å². The Morgan fingerprint density at radius 3 is 2.83 bits per heavy atom. The van der Waals surface area contributed by atoms with Crippen molar-refractivity contribution in [1.29, 1.82) is 0 Å². The Morgan fingerprint density at radius 1 is 1.44 bits per heavy atom. The lowest BCUT2D eigenvalue weighted by molar-refractivity contribution is 0.402. The first-order valence-corrected chi connectivity index (χ1v) is 6.69. The second-order valence-corrected chi connectivity index (χ2v) is 5.28. The van der Waals surface area contributed by atoms with E-state index >= 15 is 0 Å². The van der Waals surface area contributed by atoms with E-state index in [1.165, 1.54) is 6.42 Å². The molecule has 0 radical (unpaired) electrons. The number of nitrogens with one attached hydrogen (secondary N) is 1. The Morgan fingerprint density at radius 2 is 2.17 bits per heavy atom. The van der Waals surface area contributed by atoms with Crippen molar-refractivity contribution in [2.24, 2.45) is 5.73 Å². The molecular formula is C13H22N4O. The number of nitrogens with two attached hydrogens (primary N) is 1. The van der Waals surface area contributed by atoms with Crippen molar-refractivity contribution >= 4 is 5.82 Å². The van der Waals surface area contributed by atoms with Crippen LogP contribution in [0.25, 0.3) is 0 Å². The molecule has 1 fully saturated rings. The minimum atomic E-state index is -0.0646. The fourth-order valence-corrected chi connectivity index (χ4v) is 2.44. The van der Waals surface area contributed by atoms with Gasteiger partial charge < -0.3 is 15.6 Å². The van der Waals surface area contributed by atoms with E-state index in [2.05, 4.69) is 10.3 Å². The Hall–Kier alpha value is -1.36. The highest BCUT2D eigenvalue weighted by Crippen LogP contribution is 2.19. The molecule has 100 valence electrons.